The van der Waals surface area contributed by atoms with Gasteiger partial charge in [0.05, 0.1) is 0 Å². The lowest BCUT2D eigenvalue weighted by atomic mass is 9.97. The zero-order chi connectivity index (χ0) is 12.9. The fourth-order valence-corrected chi connectivity index (χ4v) is 2.57. The van der Waals surface area contributed by atoms with Crippen molar-refractivity contribution in [3.63, 3.8) is 0 Å². The Morgan fingerprint density at radius 1 is 1.47 bits per heavy atom. The Labute approximate surface area is 104 Å². The molecule has 1 fully saturated rings. The van der Waals surface area contributed by atoms with Crippen molar-refractivity contribution in [2.45, 2.75) is 57.5 Å². The molecule has 17 heavy (non-hydrogen) atoms. The van der Waals surface area contributed by atoms with E-state index in [4.69, 9.17) is 0 Å². The molecule has 0 aromatic rings. The maximum absolute atomic E-state index is 11.2. The molecule has 0 amide bonds. The van der Waals surface area contributed by atoms with Gasteiger partial charge < -0.3 is 15.3 Å². The summed E-state index contributed by atoms with van der Waals surface area (Å²) >= 11 is 0. The first-order chi connectivity index (χ1) is 8.03. The molecule has 0 aliphatic heterocycles. The van der Waals surface area contributed by atoms with E-state index in [9.17, 15) is 9.90 Å². The van der Waals surface area contributed by atoms with E-state index in [-0.39, 0.29) is 0 Å². The second-order valence-electron chi connectivity index (χ2n) is 5.20. The van der Waals surface area contributed by atoms with E-state index >= 15 is 0 Å². The summed E-state index contributed by atoms with van der Waals surface area (Å²) in [6.45, 7) is 5.81. The number of carbonyl (C=O) groups is 1. The maximum Gasteiger partial charge on any atom is 0.323 e. The van der Waals surface area contributed by atoms with Crippen LogP contribution in [-0.2, 0) is 4.79 Å². The van der Waals surface area contributed by atoms with Crippen LogP contribution in [0.2, 0.25) is 0 Å². The van der Waals surface area contributed by atoms with Crippen LogP contribution < -0.4 is 5.32 Å². The van der Waals surface area contributed by atoms with Crippen molar-refractivity contribution in [2.75, 3.05) is 20.1 Å². The molecule has 1 aliphatic carbocycles. The van der Waals surface area contributed by atoms with Crippen LogP contribution >= 0.6 is 0 Å². The third-order valence-electron chi connectivity index (χ3n) is 4.17. The molecule has 0 saturated heterocycles. The summed E-state index contributed by atoms with van der Waals surface area (Å²) in [7, 11) is 1.72. The molecule has 0 aromatic heterocycles. The van der Waals surface area contributed by atoms with Crippen molar-refractivity contribution in [1.82, 2.24) is 10.2 Å². The Bertz CT molecular complexity index is 252. The number of carboxylic acids is 1. The van der Waals surface area contributed by atoms with Crippen molar-refractivity contribution in [1.29, 1.82) is 0 Å². The van der Waals surface area contributed by atoms with Gasteiger partial charge in [0.1, 0.15) is 5.54 Å². The average Bonchev–Trinajstić information content (AvgIpc) is 2.83. The number of likely N-dealkylation sites (N-methyl/N-ethyl adjacent to an activating group) is 1. The molecule has 100 valence electrons. The molecule has 1 atom stereocenters. The van der Waals surface area contributed by atoms with E-state index in [0.717, 1.165) is 13.1 Å². The van der Waals surface area contributed by atoms with Crippen LogP contribution in [0.3, 0.4) is 0 Å². The van der Waals surface area contributed by atoms with Gasteiger partial charge in [0.15, 0.2) is 0 Å². The third-order valence-corrected chi connectivity index (χ3v) is 4.17. The average molecular weight is 242 g/mol. The van der Waals surface area contributed by atoms with E-state index in [1.807, 2.05) is 0 Å². The lowest BCUT2D eigenvalue weighted by Gasteiger charge is -2.31. The predicted octanol–water partition coefficient (Wildman–Crippen LogP) is 1.70. The number of rotatable bonds is 7. The molecule has 1 aliphatic rings. The number of hydrogen-bond donors (Lipinski definition) is 2. The molecule has 1 saturated carbocycles. The van der Waals surface area contributed by atoms with Crippen LogP contribution in [0.5, 0.6) is 0 Å². The molecule has 4 heteroatoms. The number of nitrogens with one attached hydrogen (secondary N) is 1. The minimum atomic E-state index is -0.800. The smallest absolute Gasteiger partial charge is 0.323 e. The van der Waals surface area contributed by atoms with E-state index in [1.54, 1.807) is 14.0 Å². The first-order valence-corrected chi connectivity index (χ1v) is 6.70. The highest BCUT2D eigenvalue weighted by Gasteiger charge is 2.32. The molecular weight excluding hydrogens is 216 g/mol. The first-order valence-electron chi connectivity index (χ1n) is 6.70. The number of hydrogen-bond acceptors (Lipinski definition) is 3. The number of nitrogens with zero attached hydrogens (tertiary/aromatic N) is 1. The summed E-state index contributed by atoms with van der Waals surface area (Å²) in [5.41, 5.74) is -0.800. The van der Waals surface area contributed by atoms with Gasteiger partial charge in [0.25, 0.3) is 0 Å². The van der Waals surface area contributed by atoms with E-state index < -0.39 is 11.5 Å². The topological polar surface area (TPSA) is 52.6 Å². The molecule has 4 nitrogen and oxygen atoms in total. The van der Waals surface area contributed by atoms with Crippen LogP contribution in [0.4, 0.5) is 0 Å². The van der Waals surface area contributed by atoms with Crippen molar-refractivity contribution >= 4 is 5.97 Å². The van der Waals surface area contributed by atoms with Crippen molar-refractivity contribution < 1.29 is 9.90 Å². The summed E-state index contributed by atoms with van der Waals surface area (Å²) in [6, 6.07) is 0.676. The van der Waals surface area contributed by atoms with Crippen LogP contribution in [0.25, 0.3) is 0 Å². The third kappa shape index (κ3) is 3.68. The second-order valence-corrected chi connectivity index (χ2v) is 5.20. The standard InChI is InChI=1S/C13H26N2O2/c1-4-15(11-7-5-6-8-11)10-9-13(2,14-3)12(16)17/h11,14H,4-10H2,1-3H3,(H,16,17). The molecule has 0 aromatic carbocycles. The molecule has 0 spiro atoms. The first kappa shape index (κ1) is 14.5. The Morgan fingerprint density at radius 2 is 2.06 bits per heavy atom. The van der Waals surface area contributed by atoms with Gasteiger partial charge in [0.2, 0.25) is 0 Å². The summed E-state index contributed by atoms with van der Waals surface area (Å²) in [6.07, 6.45) is 5.85. The Balaban J connectivity index is 2.48. The van der Waals surface area contributed by atoms with Crippen molar-refractivity contribution in [3.8, 4) is 0 Å². The van der Waals surface area contributed by atoms with Gasteiger partial charge in [-0.2, -0.15) is 0 Å². The lowest BCUT2D eigenvalue weighted by molar-refractivity contribution is -0.144. The van der Waals surface area contributed by atoms with Crippen LogP contribution in [-0.4, -0.2) is 47.7 Å². The van der Waals surface area contributed by atoms with Crippen molar-refractivity contribution in [2.24, 2.45) is 0 Å². The largest absolute Gasteiger partial charge is 0.480 e. The highest BCUT2D eigenvalue weighted by molar-refractivity contribution is 5.78. The van der Waals surface area contributed by atoms with Crippen LogP contribution in [0, 0.1) is 0 Å². The van der Waals surface area contributed by atoms with Gasteiger partial charge in [-0.25, -0.2) is 0 Å². The SMILES string of the molecule is CCN(CCC(C)(NC)C(=O)O)C1CCCC1. The van der Waals surface area contributed by atoms with E-state index in [1.165, 1.54) is 25.7 Å². The van der Waals surface area contributed by atoms with Crippen LogP contribution in [0.1, 0.15) is 46.0 Å². The van der Waals surface area contributed by atoms with Gasteiger partial charge >= 0.3 is 5.97 Å². The van der Waals surface area contributed by atoms with E-state index in [2.05, 4.69) is 17.1 Å². The summed E-state index contributed by atoms with van der Waals surface area (Å²) in [5.74, 6) is -0.762. The molecule has 1 unspecified atom stereocenters. The zero-order valence-corrected chi connectivity index (χ0v) is 11.3. The molecule has 2 N–H and O–H groups in total. The van der Waals surface area contributed by atoms with Gasteiger partial charge in [-0.05, 0) is 39.8 Å². The normalized spacial score (nSPS) is 20.7. The molecular formula is C13H26N2O2. The van der Waals surface area contributed by atoms with E-state index in [0.29, 0.717) is 12.5 Å². The minimum absolute atomic E-state index is 0.656. The Morgan fingerprint density at radius 3 is 2.47 bits per heavy atom. The molecule has 1 rings (SSSR count). The predicted molar refractivity (Wildman–Crippen MR) is 69.2 cm³/mol. The highest BCUT2D eigenvalue weighted by atomic mass is 16.4. The fourth-order valence-electron chi connectivity index (χ4n) is 2.57. The number of carboxylic acid groups (broad SMARTS) is 1. The van der Waals surface area contributed by atoms with Crippen molar-refractivity contribution in [3.05, 3.63) is 0 Å². The minimum Gasteiger partial charge on any atom is -0.480 e. The van der Waals surface area contributed by atoms with Gasteiger partial charge in [-0.1, -0.05) is 19.8 Å². The molecule has 0 radical (unpaired) electrons. The summed E-state index contributed by atoms with van der Waals surface area (Å²) in [4.78, 5) is 13.6. The second kappa shape index (κ2) is 6.36. The fraction of sp³-hybridized carbons (Fsp3) is 0.923. The zero-order valence-electron chi connectivity index (χ0n) is 11.3. The summed E-state index contributed by atoms with van der Waals surface area (Å²) < 4.78 is 0. The Kier molecular flexibility index (Phi) is 5.40. The molecule has 0 heterocycles. The lowest BCUT2D eigenvalue weighted by Crippen LogP contribution is -2.50. The van der Waals surface area contributed by atoms with Crippen LogP contribution in [0.15, 0.2) is 0 Å². The van der Waals surface area contributed by atoms with Gasteiger partial charge in [-0.3, -0.25) is 4.79 Å². The van der Waals surface area contributed by atoms with Gasteiger partial charge in [0, 0.05) is 12.6 Å². The number of aliphatic carboxylic acids is 1. The Hall–Kier alpha value is -0.610. The monoisotopic (exact) mass is 242 g/mol. The quantitative estimate of drug-likeness (QED) is 0.713. The molecule has 0 bridgehead atoms. The summed E-state index contributed by atoms with van der Waals surface area (Å²) in [5, 5.41) is 12.1. The highest BCUT2D eigenvalue weighted by Crippen LogP contribution is 2.24. The van der Waals surface area contributed by atoms with Gasteiger partial charge in [-0.15, -0.1) is 0 Å². The maximum atomic E-state index is 11.2.